The van der Waals surface area contributed by atoms with Gasteiger partial charge in [-0.2, -0.15) is 5.26 Å². The number of ether oxygens (including phenoxy) is 1. The van der Waals surface area contributed by atoms with Crippen molar-refractivity contribution >= 4 is 5.97 Å². The highest BCUT2D eigenvalue weighted by Gasteiger charge is 2.25. The predicted molar refractivity (Wildman–Crippen MR) is 118 cm³/mol. The molecule has 0 radical (unpaired) electrons. The van der Waals surface area contributed by atoms with Crippen LogP contribution in [0.5, 0.6) is 0 Å². The Morgan fingerprint density at radius 1 is 1.09 bits per heavy atom. The van der Waals surface area contributed by atoms with E-state index in [1.807, 2.05) is 12.1 Å². The highest BCUT2D eigenvalue weighted by atomic mass is 19.1. The van der Waals surface area contributed by atoms with Gasteiger partial charge in [-0.3, -0.25) is 9.78 Å². The molecule has 1 heterocycles. The number of carbonyl (C=O) groups is 1. The molecule has 0 bridgehead atoms. The van der Waals surface area contributed by atoms with Gasteiger partial charge in [-0.25, -0.2) is 8.78 Å². The Morgan fingerprint density at radius 2 is 1.81 bits per heavy atom. The van der Waals surface area contributed by atoms with E-state index in [-0.39, 0.29) is 12.8 Å². The van der Waals surface area contributed by atoms with Crippen molar-refractivity contribution in [3.05, 3.63) is 89.2 Å². The first-order valence-electron chi connectivity index (χ1n) is 10.3. The molecule has 3 aromatic rings. The van der Waals surface area contributed by atoms with Crippen LogP contribution >= 0.6 is 0 Å². The monoisotopic (exact) mass is 434 g/mol. The summed E-state index contributed by atoms with van der Waals surface area (Å²) in [5.41, 5.74) is 2.35. The van der Waals surface area contributed by atoms with E-state index in [1.165, 1.54) is 12.1 Å². The Labute approximate surface area is 186 Å². The number of benzene rings is 2. The largest absolute Gasteiger partial charge is 0.460 e. The van der Waals surface area contributed by atoms with Crippen LogP contribution in [0, 0.1) is 23.0 Å². The van der Waals surface area contributed by atoms with Gasteiger partial charge >= 0.3 is 5.97 Å². The molecule has 0 aliphatic carbocycles. The molecule has 0 aliphatic heterocycles. The highest BCUT2D eigenvalue weighted by molar-refractivity contribution is 5.73. The fourth-order valence-electron chi connectivity index (χ4n) is 3.61. The first-order valence-corrected chi connectivity index (χ1v) is 10.3. The molecule has 0 unspecified atom stereocenters. The van der Waals surface area contributed by atoms with E-state index < -0.39 is 29.1 Å². The summed E-state index contributed by atoms with van der Waals surface area (Å²) in [6, 6.07) is 16.1. The zero-order chi connectivity index (χ0) is 23.3. The number of aromatic nitrogens is 1. The summed E-state index contributed by atoms with van der Waals surface area (Å²) in [6.07, 6.45) is 1.79. The number of hydrogen-bond donors (Lipinski definition) is 0. The summed E-state index contributed by atoms with van der Waals surface area (Å²) in [4.78, 5) is 17.2. The molecule has 0 fully saturated rings. The minimum absolute atomic E-state index is 0.0165. The van der Waals surface area contributed by atoms with Crippen molar-refractivity contribution < 1.29 is 18.3 Å². The smallest absolute Gasteiger partial charge is 0.306 e. The Morgan fingerprint density at radius 3 is 2.47 bits per heavy atom. The minimum atomic E-state index is -0.681. The molecular formula is C26H24F2N2O2. The van der Waals surface area contributed by atoms with Crippen LogP contribution in [0.4, 0.5) is 8.78 Å². The zero-order valence-electron chi connectivity index (χ0n) is 18.2. The second-order valence-electron chi connectivity index (χ2n) is 8.60. The molecule has 0 saturated carbocycles. The number of esters is 1. The van der Waals surface area contributed by atoms with Crippen LogP contribution in [-0.4, -0.2) is 16.6 Å². The number of nitriles is 1. The van der Waals surface area contributed by atoms with Gasteiger partial charge in [-0.15, -0.1) is 0 Å². The summed E-state index contributed by atoms with van der Waals surface area (Å²) in [5.74, 6) is -2.28. The molecule has 0 aliphatic rings. The molecule has 0 spiro atoms. The third-order valence-electron chi connectivity index (χ3n) is 4.77. The molecule has 0 amide bonds. The molecule has 0 N–H and O–H groups in total. The van der Waals surface area contributed by atoms with Gasteiger partial charge in [0.1, 0.15) is 17.2 Å². The Balaban J connectivity index is 2.04. The van der Waals surface area contributed by atoms with Gasteiger partial charge in [0.25, 0.3) is 0 Å². The fraction of sp³-hybridized carbons (Fsp3) is 0.269. The van der Waals surface area contributed by atoms with E-state index >= 15 is 0 Å². The van der Waals surface area contributed by atoms with Crippen LogP contribution in [0.25, 0.3) is 11.1 Å². The fourth-order valence-corrected chi connectivity index (χ4v) is 3.61. The molecule has 1 atom stereocenters. The SMILES string of the molecule is CC(C)(C)OC(=O)C[C@@H](Cc1cc(F)cc(F)c1)c1ncccc1-c1cccc(C#N)c1. The van der Waals surface area contributed by atoms with Crippen LogP contribution < -0.4 is 0 Å². The summed E-state index contributed by atoms with van der Waals surface area (Å²) >= 11 is 0. The summed E-state index contributed by atoms with van der Waals surface area (Å²) < 4.78 is 33.1. The Bertz CT molecular complexity index is 1140. The van der Waals surface area contributed by atoms with Gasteiger partial charge in [0.15, 0.2) is 0 Å². The third kappa shape index (κ3) is 6.21. The van der Waals surface area contributed by atoms with E-state index in [4.69, 9.17) is 4.74 Å². The van der Waals surface area contributed by atoms with Gasteiger partial charge in [0.2, 0.25) is 0 Å². The maximum atomic E-state index is 13.8. The molecular weight excluding hydrogens is 410 g/mol. The van der Waals surface area contributed by atoms with Gasteiger partial charge in [-0.1, -0.05) is 18.2 Å². The van der Waals surface area contributed by atoms with Gasteiger partial charge in [-0.05, 0) is 68.7 Å². The summed E-state index contributed by atoms with van der Waals surface area (Å²) in [7, 11) is 0. The molecule has 1 aromatic heterocycles. The number of carbonyl (C=O) groups excluding carboxylic acids is 1. The number of halogens is 2. The molecule has 164 valence electrons. The second-order valence-corrected chi connectivity index (χ2v) is 8.60. The van der Waals surface area contributed by atoms with E-state index in [9.17, 15) is 18.8 Å². The number of hydrogen-bond acceptors (Lipinski definition) is 4. The predicted octanol–water partition coefficient (Wildman–Crippen LogP) is 5.96. The number of pyridine rings is 1. The summed E-state index contributed by atoms with van der Waals surface area (Å²) in [6.45, 7) is 5.34. The standard InChI is InChI=1S/C26H24F2N2O2/c1-26(2,3)32-24(31)14-20(11-18-12-21(27)15-22(28)13-18)25-23(8-5-9-30-25)19-7-4-6-17(10-19)16-29/h4-10,12-13,15,20H,11,14H2,1-3H3/t20-/m1/s1. The minimum Gasteiger partial charge on any atom is -0.460 e. The van der Waals surface area contributed by atoms with Crippen LogP contribution in [-0.2, 0) is 16.0 Å². The van der Waals surface area contributed by atoms with Crippen molar-refractivity contribution in [2.75, 3.05) is 0 Å². The molecule has 6 heteroatoms. The molecule has 0 saturated heterocycles. The normalized spacial score (nSPS) is 12.1. The first-order chi connectivity index (χ1) is 15.1. The van der Waals surface area contributed by atoms with Gasteiger partial charge in [0.05, 0.1) is 23.7 Å². The molecule has 4 nitrogen and oxygen atoms in total. The topological polar surface area (TPSA) is 63.0 Å². The van der Waals surface area contributed by atoms with E-state index in [0.717, 1.165) is 17.2 Å². The van der Waals surface area contributed by atoms with Crippen LogP contribution in [0.2, 0.25) is 0 Å². The Kier molecular flexibility index (Phi) is 6.99. The second kappa shape index (κ2) is 9.69. The Hall–Kier alpha value is -3.59. The lowest BCUT2D eigenvalue weighted by atomic mass is 9.87. The number of rotatable bonds is 6. The average molecular weight is 434 g/mol. The van der Waals surface area contributed by atoms with E-state index in [2.05, 4.69) is 11.1 Å². The quantitative estimate of drug-likeness (QED) is 0.449. The van der Waals surface area contributed by atoms with Crippen LogP contribution in [0.3, 0.4) is 0 Å². The summed E-state index contributed by atoms with van der Waals surface area (Å²) in [5, 5.41) is 9.26. The maximum absolute atomic E-state index is 13.8. The van der Waals surface area contributed by atoms with Crippen molar-refractivity contribution in [3.8, 4) is 17.2 Å². The molecule has 3 rings (SSSR count). The van der Waals surface area contributed by atoms with E-state index in [0.29, 0.717) is 16.8 Å². The molecule has 32 heavy (non-hydrogen) atoms. The van der Waals surface area contributed by atoms with Crippen molar-refractivity contribution in [1.29, 1.82) is 5.26 Å². The lowest BCUT2D eigenvalue weighted by Crippen LogP contribution is -2.25. The van der Waals surface area contributed by atoms with Crippen molar-refractivity contribution in [3.63, 3.8) is 0 Å². The average Bonchev–Trinajstić information content (AvgIpc) is 2.71. The van der Waals surface area contributed by atoms with E-state index in [1.54, 1.807) is 51.2 Å². The lowest BCUT2D eigenvalue weighted by molar-refractivity contribution is -0.155. The van der Waals surface area contributed by atoms with Gasteiger partial charge < -0.3 is 4.74 Å². The van der Waals surface area contributed by atoms with Crippen LogP contribution in [0.15, 0.2) is 60.8 Å². The molecule has 2 aromatic carbocycles. The van der Waals surface area contributed by atoms with Crippen molar-refractivity contribution in [1.82, 2.24) is 4.98 Å². The highest BCUT2D eigenvalue weighted by Crippen LogP contribution is 2.33. The lowest BCUT2D eigenvalue weighted by Gasteiger charge is -2.23. The maximum Gasteiger partial charge on any atom is 0.306 e. The first kappa shape index (κ1) is 23.1. The van der Waals surface area contributed by atoms with Crippen molar-refractivity contribution in [2.45, 2.75) is 45.1 Å². The number of nitrogens with zero attached hydrogens (tertiary/aromatic N) is 2. The third-order valence-corrected chi connectivity index (χ3v) is 4.77. The zero-order valence-corrected chi connectivity index (χ0v) is 18.2. The van der Waals surface area contributed by atoms with Crippen molar-refractivity contribution in [2.24, 2.45) is 0 Å². The van der Waals surface area contributed by atoms with Crippen LogP contribution in [0.1, 0.15) is 49.9 Å². The van der Waals surface area contributed by atoms with Gasteiger partial charge in [0, 0.05) is 23.7 Å².